The lowest BCUT2D eigenvalue weighted by molar-refractivity contribution is 0.180. The molecule has 17 heavy (non-hydrogen) atoms. The van der Waals surface area contributed by atoms with Gasteiger partial charge in [0.25, 0.3) is 0 Å². The van der Waals surface area contributed by atoms with Crippen LogP contribution >= 0.6 is 0 Å². The highest BCUT2D eigenvalue weighted by atomic mass is 15.2. The van der Waals surface area contributed by atoms with Crippen LogP contribution in [-0.2, 0) is 6.54 Å². The summed E-state index contributed by atoms with van der Waals surface area (Å²) in [6.07, 6.45) is 3.73. The summed E-state index contributed by atoms with van der Waals surface area (Å²) in [6.45, 7) is 5.52. The topological polar surface area (TPSA) is 29.3 Å². The third-order valence-electron chi connectivity index (χ3n) is 3.80. The van der Waals surface area contributed by atoms with Gasteiger partial charge in [0.15, 0.2) is 0 Å². The number of benzene rings is 1. The SMILES string of the molecule is CC(N)CC1CCC(C)N1Cc1ccccc1. The molecule has 2 nitrogen and oxygen atoms in total. The third-order valence-corrected chi connectivity index (χ3v) is 3.80. The van der Waals surface area contributed by atoms with Crippen molar-refractivity contribution in [3.05, 3.63) is 35.9 Å². The Morgan fingerprint density at radius 3 is 2.65 bits per heavy atom. The van der Waals surface area contributed by atoms with E-state index in [1.165, 1.54) is 18.4 Å². The second kappa shape index (κ2) is 5.65. The number of nitrogens with zero attached hydrogens (tertiary/aromatic N) is 1. The fourth-order valence-corrected chi connectivity index (χ4v) is 2.89. The molecule has 94 valence electrons. The summed E-state index contributed by atoms with van der Waals surface area (Å²) < 4.78 is 0. The van der Waals surface area contributed by atoms with E-state index in [4.69, 9.17) is 5.73 Å². The standard InChI is InChI=1S/C15H24N2/c1-12(16)10-15-9-8-13(2)17(15)11-14-6-4-3-5-7-14/h3-7,12-13,15H,8-11,16H2,1-2H3. The van der Waals surface area contributed by atoms with Crippen molar-refractivity contribution in [3.63, 3.8) is 0 Å². The van der Waals surface area contributed by atoms with Crippen LogP contribution in [0.15, 0.2) is 30.3 Å². The van der Waals surface area contributed by atoms with Crippen LogP contribution in [0, 0.1) is 0 Å². The highest BCUT2D eigenvalue weighted by Crippen LogP contribution is 2.28. The van der Waals surface area contributed by atoms with Crippen LogP contribution in [0.3, 0.4) is 0 Å². The molecule has 2 N–H and O–H groups in total. The lowest BCUT2D eigenvalue weighted by Gasteiger charge is -2.29. The van der Waals surface area contributed by atoms with E-state index in [9.17, 15) is 0 Å². The van der Waals surface area contributed by atoms with Crippen LogP contribution in [0.25, 0.3) is 0 Å². The highest BCUT2D eigenvalue weighted by Gasteiger charge is 2.30. The van der Waals surface area contributed by atoms with Crippen molar-refractivity contribution in [2.75, 3.05) is 0 Å². The molecule has 2 rings (SSSR count). The molecule has 1 saturated heterocycles. The van der Waals surface area contributed by atoms with Crippen molar-refractivity contribution in [3.8, 4) is 0 Å². The van der Waals surface area contributed by atoms with Gasteiger partial charge in [-0.2, -0.15) is 0 Å². The Balaban J connectivity index is 2.01. The van der Waals surface area contributed by atoms with Gasteiger partial charge in [-0.05, 0) is 38.7 Å². The number of nitrogens with two attached hydrogens (primary N) is 1. The van der Waals surface area contributed by atoms with Crippen LogP contribution in [0.1, 0.15) is 38.7 Å². The van der Waals surface area contributed by atoms with Gasteiger partial charge in [0.2, 0.25) is 0 Å². The Bertz CT molecular complexity index is 334. The van der Waals surface area contributed by atoms with Crippen LogP contribution < -0.4 is 5.73 Å². The fourth-order valence-electron chi connectivity index (χ4n) is 2.89. The molecule has 1 heterocycles. The Morgan fingerprint density at radius 1 is 1.29 bits per heavy atom. The van der Waals surface area contributed by atoms with Gasteiger partial charge in [-0.15, -0.1) is 0 Å². The van der Waals surface area contributed by atoms with Gasteiger partial charge < -0.3 is 5.73 Å². The van der Waals surface area contributed by atoms with Crippen molar-refractivity contribution >= 4 is 0 Å². The molecule has 2 heteroatoms. The van der Waals surface area contributed by atoms with Crippen LogP contribution in [0.4, 0.5) is 0 Å². The quantitative estimate of drug-likeness (QED) is 0.865. The lowest BCUT2D eigenvalue weighted by Crippen LogP contribution is -2.37. The molecule has 1 aromatic carbocycles. The predicted octanol–water partition coefficient (Wildman–Crippen LogP) is 2.78. The Kier molecular flexibility index (Phi) is 4.19. The average molecular weight is 232 g/mol. The van der Waals surface area contributed by atoms with Crippen molar-refractivity contribution in [1.82, 2.24) is 4.90 Å². The van der Waals surface area contributed by atoms with Gasteiger partial charge in [-0.25, -0.2) is 0 Å². The van der Waals surface area contributed by atoms with Crippen molar-refractivity contribution < 1.29 is 0 Å². The molecule has 0 spiro atoms. The van der Waals surface area contributed by atoms with E-state index < -0.39 is 0 Å². The molecule has 3 atom stereocenters. The molecule has 0 saturated carbocycles. The Morgan fingerprint density at radius 2 is 2.00 bits per heavy atom. The van der Waals surface area contributed by atoms with E-state index >= 15 is 0 Å². The van der Waals surface area contributed by atoms with Gasteiger partial charge in [-0.1, -0.05) is 30.3 Å². The normalized spacial score (nSPS) is 27.2. The fraction of sp³-hybridized carbons (Fsp3) is 0.600. The van der Waals surface area contributed by atoms with Crippen LogP contribution in [0.2, 0.25) is 0 Å². The summed E-state index contributed by atoms with van der Waals surface area (Å²) in [7, 11) is 0. The first-order valence-corrected chi connectivity index (χ1v) is 6.72. The zero-order valence-corrected chi connectivity index (χ0v) is 11.0. The average Bonchev–Trinajstić information content (AvgIpc) is 2.62. The smallest absolute Gasteiger partial charge is 0.0239 e. The first kappa shape index (κ1) is 12.6. The van der Waals surface area contributed by atoms with Gasteiger partial charge >= 0.3 is 0 Å². The molecule has 0 aliphatic carbocycles. The number of rotatable bonds is 4. The molecule has 1 aromatic rings. The summed E-state index contributed by atoms with van der Waals surface area (Å²) in [5.74, 6) is 0. The minimum Gasteiger partial charge on any atom is -0.328 e. The molecular formula is C15H24N2. The van der Waals surface area contributed by atoms with E-state index in [1.54, 1.807) is 0 Å². The first-order chi connectivity index (χ1) is 8.16. The molecule has 0 bridgehead atoms. The van der Waals surface area contributed by atoms with Crippen molar-refractivity contribution in [2.45, 2.75) is 57.8 Å². The van der Waals surface area contributed by atoms with Gasteiger partial charge in [0.1, 0.15) is 0 Å². The maximum Gasteiger partial charge on any atom is 0.0239 e. The van der Waals surface area contributed by atoms with Crippen LogP contribution in [0.5, 0.6) is 0 Å². The minimum atomic E-state index is 0.309. The summed E-state index contributed by atoms with van der Waals surface area (Å²) in [5, 5.41) is 0. The van der Waals surface area contributed by atoms with E-state index in [0.717, 1.165) is 13.0 Å². The van der Waals surface area contributed by atoms with Gasteiger partial charge in [-0.3, -0.25) is 4.90 Å². The Labute approximate surface area is 105 Å². The second-order valence-electron chi connectivity index (χ2n) is 5.45. The number of likely N-dealkylation sites (tertiary alicyclic amines) is 1. The van der Waals surface area contributed by atoms with E-state index in [0.29, 0.717) is 18.1 Å². The number of hydrogen-bond donors (Lipinski definition) is 1. The maximum absolute atomic E-state index is 5.95. The van der Waals surface area contributed by atoms with E-state index in [2.05, 4.69) is 49.1 Å². The predicted molar refractivity (Wildman–Crippen MR) is 72.7 cm³/mol. The summed E-state index contributed by atoms with van der Waals surface area (Å²) in [4.78, 5) is 2.62. The summed E-state index contributed by atoms with van der Waals surface area (Å²) >= 11 is 0. The van der Waals surface area contributed by atoms with Crippen molar-refractivity contribution in [1.29, 1.82) is 0 Å². The van der Waals surface area contributed by atoms with Gasteiger partial charge in [0.05, 0.1) is 0 Å². The molecule has 0 amide bonds. The molecular weight excluding hydrogens is 208 g/mol. The molecule has 1 aliphatic heterocycles. The lowest BCUT2D eigenvalue weighted by atomic mass is 10.1. The summed E-state index contributed by atoms with van der Waals surface area (Å²) in [5.41, 5.74) is 7.36. The minimum absolute atomic E-state index is 0.309. The zero-order valence-electron chi connectivity index (χ0n) is 11.0. The number of hydrogen-bond acceptors (Lipinski definition) is 2. The molecule has 3 unspecified atom stereocenters. The molecule has 0 aromatic heterocycles. The van der Waals surface area contributed by atoms with E-state index in [-0.39, 0.29) is 0 Å². The van der Waals surface area contributed by atoms with Crippen molar-refractivity contribution in [2.24, 2.45) is 5.73 Å². The third kappa shape index (κ3) is 3.30. The molecule has 0 radical (unpaired) electrons. The van der Waals surface area contributed by atoms with Gasteiger partial charge in [0, 0.05) is 24.7 Å². The van der Waals surface area contributed by atoms with E-state index in [1.807, 2.05) is 0 Å². The monoisotopic (exact) mass is 232 g/mol. The molecule has 1 aliphatic rings. The Hall–Kier alpha value is -0.860. The second-order valence-corrected chi connectivity index (χ2v) is 5.45. The summed E-state index contributed by atoms with van der Waals surface area (Å²) in [6, 6.07) is 12.4. The zero-order chi connectivity index (χ0) is 12.3. The first-order valence-electron chi connectivity index (χ1n) is 6.72. The highest BCUT2D eigenvalue weighted by molar-refractivity contribution is 5.15. The van der Waals surface area contributed by atoms with Crippen LogP contribution in [-0.4, -0.2) is 23.0 Å². The largest absolute Gasteiger partial charge is 0.328 e. The molecule has 1 fully saturated rings. The maximum atomic E-state index is 5.95.